The molecule has 3 heteroatoms. The Balaban J connectivity index is 2.19. The van der Waals surface area contributed by atoms with Gasteiger partial charge in [0.2, 0.25) is 5.91 Å². The van der Waals surface area contributed by atoms with E-state index in [1.165, 1.54) is 5.56 Å². The number of benzene rings is 1. The molecule has 0 heterocycles. The Morgan fingerprint density at radius 2 is 1.86 bits per heavy atom. The molecule has 3 nitrogen and oxygen atoms in total. The number of carbonyl (C=O) groups excluding carboxylic acids is 1. The van der Waals surface area contributed by atoms with Crippen LogP contribution >= 0.6 is 0 Å². The van der Waals surface area contributed by atoms with Crippen LogP contribution in [0, 0.1) is 0 Å². The molecule has 0 saturated heterocycles. The molecule has 0 aromatic heterocycles. The van der Waals surface area contributed by atoms with Crippen LogP contribution in [0.4, 0.5) is 0 Å². The van der Waals surface area contributed by atoms with Gasteiger partial charge in [-0.3, -0.25) is 4.79 Å². The van der Waals surface area contributed by atoms with E-state index in [4.69, 9.17) is 5.73 Å². The average molecular weight is 288 g/mol. The fourth-order valence-electron chi connectivity index (χ4n) is 2.44. The summed E-state index contributed by atoms with van der Waals surface area (Å²) in [6.07, 6.45) is 3.11. The monoisotopic (exact) mass is 288 g/mol. The maximum absolute atomic E-state index is 12.6. The quantitative estimate of drug-likeness (QED) is 0.895. The minimum Gasteiger partial charge on any atom is -0.351 e. The van der Waals surface area contributed by atoms with Gasteiger partial charge in [-0.05, 0) is 65.0 Å². The maximum atomic E-state index is 12.6. The Morgan fingerprint density at radius 1 is 1.24 bits per heavy atom. The second-order valence-corrected chi connectivity index (χ2v) is 8.07. The number of nitrogens with two attached hydrogens (primary N) is 1. The van der Waals surface area contributed by atoms with Gasteiger partial charge < -0.3 is 11.1 Å². The fraction of sp³-hybridized carbons (Fsp3) is 0.611. The van der Waals surface area contributed by atoms with Crippen LogP contribution in [-0.4, -0.2) is 17.0 Å². The number of carbonyl (C=O) groups is 1. The molecular formula is C18H28N2O. The molecule has 3 N–H and O–H groups in total. The highest BCUT2D eigenvalue weighted by Crippen LogP contribution is 2.36. The molecule has 2 rings (SSSR count). The minimum absolute atomic E-state index is 0.00354. The number of hydrogen-bond donors (Lipinski definition) is 2. The van der Waals surface area contributed by atoms with Crippen LogP contribution in [0.3, 0.4) is 0 Å². The van der Waals surface area contributed by atoms with Crippen LogP contribution in [0.5, 0.6) is 0 Å². The summed E-state index contributed by atoms with van der Waals surface area (Å²) < 4.78 is 0. The van der Waals surface area contributed by atoms with Gasteiger partial charge in [0.25, 0.3) is 0 Å². The van der Waals surface area contributed by atoms with Crippen molar-refractivity contribution in [3.05, 3.63) is 35.4 Å². The molecule has 1 aromatic rings. The first-order valence-corrected chi connectivity index (χ1v) is 7.73. The van der Waals surface area contributed by atoms with Crippen molar-refractivity contribution in [2.45, 2.75) is 70.4 Å². The highest BCUT2D eigenvalue weighted by atomic mass is 16.2. The van der Waals surface area contributed by atoms with E-state index >= 15 is 0 Å². The van der Waals surface area contributed by atoms with Gasteiger partial charge >= 0.3 is 0 Å². The first kappa shape index (κ1) is 16.0. The minimum atomic E-state index is -0.547. The second-order valence-electron chi connectivity index (χ2n) is 8.07. The molecule has 0 radical (unpaired) electrons. The van der Waals surface area contributed by atoms with Crippen LogP contribution < -0.4 is 11.1 Å². The lowest BCUT2D eigenvalue weighted by Gasteiger charge is -2.30. The Bertz CT molecular complexity index is 536. The fourth-order valence-corrected chi connectivity index (χ4v) is 2.44. The lowest BCUT2D eigenvalue weighted by Crippen LogP contribution is -2.48. The predicted molar refractivity (Wildman–Crippen MR) is 87.2 cm³/mol. The molecule has 0 spiro atoms. The van der Waals surface area contributed by atoms with Crippen molar-refractivity contribution in [3.63, 3.8) is 0 Å². The summed E-state index contributed by atoms with van der Waals surface area (Å²) in [5.41, 5.74) is 7.70. The summed E-state index contributed by atoms with van der Waals surface area (Å²) in [5.74, 6) is 0.0565. The topological polar surface area (TPSA) is 55.1 Å². The third kappa shape index (κ3) is 4.07. The lowest BCUT2D eigenvalue weighted by atomic mass is 9.82. The molecule has 1 aliphatic carbocycles. The molecule has 1 saturated carbocycles. The average Bonchev–Trinajstić information content (AvgIpc) is 3.04. The zero-order valence-electron chi connectivity index (χ0n) is 13.9. The van der Waals surface area contributed by atoms with E-state index in [2.05, 4.69) is 17.4 Å². The Hall–Kier alpha value is -1.35. The third-order valence-electron chi connectivity index (χ3n) is 4.15. The number of nitrogens with one attached hydrogen (secondary N) is 1. The van der Waals surface area contributed by atoms with Gasteiger partial charge in [-0.2, -0.15) is 0 Å². The number of rotatable bonds is 4. The van der Waals surface area contributed by atoms with E-state index in [9.17, 15) is 4.79 Å². The highest BCUT2D eigenvalue weighted by molar-refractivity contribution is 5.87. The molecule has 0 unspecified atom stereocenters. The molecular weight excluding hydrogens is 260 g/mol. The van der Waals surface area contributed by atoms with Gasteiger partial charge in [-0.25, -0.2) is 0 Å². The Morgan fingerprint density at radius 3 is 2.38 bits per heavy atom. The van der Waals surface area contributed by atoms with Gasteiger partial charge in [-0.15, -0.1) is 0 Å². The first-order valence-electron chi connectivity index (χ1n) is 7.73. The second kappa shape index (κ2) is 5.13. The normalized spacial score (nSPS) is 17.4. The molecule has 21 heavy (non-hydrogen) atoms. The molecule has 1 amide bonds. The van der Waals surface area contributed by atoms with E-state index in [0.717, 1.165) is 24.8 Å². The summed E-state index contributed by atoms with van der Waals surface area (Å²) in [5, 5.41) is 3.07. The van der Waals surface area contributed by atoms with E-state index in [1.54, 1.807) is 0 Å². The summed E-state index contributed by atoms with van der Waals surface area (Å²) in [7, 11) is 0. The lowest BCUT2D eigenvalue weighted by molar-refractivity contribution is -0.127. The zero-order valence-corrected chi connectivity index (χ0v) is 13.9. The van der Waals surface area contributed by atoms with Gasteiger partial charge in [0.1, 0.15) is 0 Å². The van der Waals surface area contributed by atoms with Crippen molar-refractivity contribution >= 4 is 5.91 Å². The van der Waals surface area contributed by atoms with Gasteiger partial charge in [0.15, 0.2) is 0 Å². The summed E-state index contributed by atoms with van der Waals surface area (Å²) in [4.78, 5) is 12.6. The van der Waals surface area contributed by atoms with Crippen molar-refractivity contribution < 1.29 is 4.79 Å². The van der Waals surface area contributed by atoms with Crippen molar-refractivity contribution in [2.24, 2.45) is 5.73 Å². The molecule has 0 aliphatic heterocycles. The number of hydrogen-bond acceptors (Lipinski definition) is 2. The van der Waals surface area contributed by atoms with E-state index in [0.29, 0.717) is 0 Å². The van der Waals surface area contributed by atoms with E-state index in [1.807, 2.05) is 46.8 Å². The third-order valence-corrected chi connectivity index (χ3v) is 4.15. The van der Waals surface area contributed by atoms with Crippen LogP contribution in [0.25, 0.3) is 0 Å². The largest absolute Gasteiger partial charge is 0.351 e. The molecule has 0 atom stereocenters. The summed E-state index contributed by atoms with van der Waals surface area (Å²) in [6.45, 7) is 9.96. The molecule has 1 fully saturated rings. The van der Waals surface area contributed by atoms with Crippen LogP contribution in [0.15, 0.2) is 24.3 Å². The predicted octanol–water partition coefficient (Wildman–Crippen LogP) is 2.91. The summed E-state index contributed by atoms with van der Waals surface area (Å²) in [6, 6.07) is 8.30. The first-order chi connectivity index (χ1) is 9.52. The van der Waals surface area contributed by atoms with Crippen LogP contribution in [0.2, 0.25) is 0 Å². The maximum Gasteiger partial charge on any atom is 0.230 e. The molecule has 0 bridgehead atoms. The SMILES string of the molecule is CC(C)(C)NC(=O)C(C)(C)c1cccc(CC2(N)CC2)c1. The highest BCUT2D eigenvalue weighted by Gasteiger charge is 2.38. The van der Waals surface area contributed by atoms with Crippen molar-refractivity contribution in [1.29, 1.82) is 0 Å². The Labute approximate surface area is 128 Å². The zero-order chi connectivity index (χ0) is 15.9. The smallest absolute Gasteiger partial charge is 0.230 e. The van der Waals surface area contributed by atoms with Crippen LogP contribution in [0.1, 0.15) is 58.6 Å². The standard InChI is InChI=1S/C18H28N2O/c1-16(2,3)20-15(21)17(4,5)14-8-6-7-13(11-14)12-18(19)9-10-18/h6-8,11H,9-10,12,19H2,1-5H3,(H,20,21). The van der Waals surface area contributed by atoms with E-state index in [-0.39, 0.29) is 17.0 Å². The van der Waals surface area contributed by atoms with Gasteiger partial charge in [0, 0.05) is 11.1 Å². The molecule has 116 valence electrons. The Kier molecular flexibility index (Phi) is 3.92. The van der Waals surface area contributed by atoms with Crippen molar-refractivity contribution in [3.8, 4) is 0 Å². The number of amides is 1. The summed E-state index contributed by atoms with van der Waals surface area (Å²) >= 11 is 0. The van der Waals surface area contributed by atoms with Crippen LogP contribution in [-0.2, 0) is 16.6 Å². The van der Waals surface area contributed by atoms with Gasteiger partial charge in [-0.1, -0.05) is 24.3 Å². The van der Waals surface area contributed by atoms with Gasteiger partial charge in [0.05, 0.1) is 5.41 Å². The molecule has 1 aliphatic rings. The van der Waals surface area contributed by atoms with Crippen molar-refractivity contribution in [2.75, 3.05) is 0 Å². The molecule has 1 aromatic carbocycles. The van der Waals surface area contributed by atoms with E-state index < -0.39 is 5.41 Å². The van der Waals surface area contributed by atoms with Crippen molar-refractivity contribution in [1.82, 2.24) is 5.32 Å².